The van der Waals surface area contributed by atoms with Gasteiger partial charge >= 0.3 is 11.8 Å². The number of hydrogen-bond donors (Lipinski definition) is 4. The lowest BCUT2D eigenvalue weighted by Crippen LogP contribution is -2.43. The number of Topliss-reactive ketones (excluding diaryl/α,β-unsaturated/α-hetero) is 1. The average Bonchev–Trinajstić information content (AvgIpc) is 3.56. The third-order valence-corrected chi connectivity index (χ3v) is 14.3. The number of aliphatic hydroxyl groups is 1. The molecule has 1 aliphatic carbocycles. The van der Waals surface area contributed by atoms with E-state index >= 15 is 0 Å². The Labute approximate surface area is 389 Å². The molecule has 0 radical (unpaired) electrons. The Bertz CT molecular complexity index is 2700. The number of aliphatic hydroxyl groups excluding tert-OH is 1. The van der Waals surface area contributed by atoms with E-state index in [9.17, 15) is 34.5 Å². The molecule has 16 nitrogen and oxygen atoms in total. The Hall–Kier alpha value is -5.97. The number of fused-ring (bicyclic) bond motifs is 2. The molecule has 0 aromatic heterocycles. The minimum Gasteiger partial charge on any atom is -0.507 e. The molecule has 16 heteroatoms. The summed E-state index contributed by atoms with van der Waals surface area (Å²) in [6.45, 7) is 17.6. The summed E-state index contributed by atoms with van der Waals surface area (Å²) in [6.07, 6.45) is 7.48. The SMILES string of the molecule is CO[C@H]1/C=C/O[C@@]2(C)Oc3c(C)c(O)c4c(=O)c(c5oc6cc(OCC7CCN(C)CC7)cc(O)c6nc-5c4c3C2=O)NC(=O)/C(C)=C\C=C\[C@H](C)[C@H](O)[C@@H](C)[C@@H](C)[C@@H](C)[C@H](OC(C)=O)[C@@H]1C. The molecule has 4 bridgehead atoms. The molecule has 2 aromatic carbocycles. The number of likely N-dealkylation sites (tertiary alicyclic amines) is 1. The quantitative estimate of drug-likeness (QED) is 0.0859. The van der Waals surface area contributed by atoms with Gasteiger partial charge in [-0.25, -0.2) is 4.98 Å². The molecular formula is C51H63N3O13. The zero-order chi connectivity index (χ0) is 48.8. The van der Waals surface area contributed by atoms with E-state index in [0.717, 1.165) is 25.9 Å². The number of nitrogens with one attached hydrogen (secondary N) is 1. The van der Waals surface area contributed by atoms with Gasteiger partial charge in [0.05, 0.1) is 36.0 Å². The lowest BCUT2D eigenvalue weighted by Gasteiger charge is -2.39. The van der Waals surface area contributed by atoms with Crippen molar-refractivity contribution >= 4 is 45.2 Å². The minimum atomic E-state index is -2.05. The number of allylic oxidation sites excluding steroid dienone is 2. The first kappa shape index (κ1) is 48.9. The van der Waals surface area contributed by atoms with Crippen LogP contribution in [0.15, 0.2) is 57.5 Å². The van der Waals surface area contributed by atoms with E-state index in [2.05, 4.69) is 17.3 Å². The number of rotatable bonds is 5. The number of hydrogen-bond acceptors (Lipinski definition) is 15. The Morgan fingerprint density at radius 2 is 1.69 bits per heavy atom. The second kappa shape index (κ2) is 19.3. The fourth-order valence-electron chi connectivity index (χ4n) is 9.61. The van der Waals surface area contributed by atoms with Gasteiger partial charge in [0.2, 0.25) is 5.43 Å². The highest BCUT2D eigenvalue weighted by atomic mass is 16.7. The summed E-state index contributed by atoms with van der Waals surface area (Å²) >= 11 is 0. The van der Waals surface area contributed by atoms with Crippen LogP contribution in [0.4, 0.5) is 5.69 Å². The van der Waals surface area contributed by atoms with Crippen molar-refractivity contribution in [3.05, 3.63) is 69.6 Å². The van der Waals surface area contributed by atoms with Crippen LogP contribution in [0.5, 0.6) is 23.0 Å². The number of benzene rings is 3. The summed E-state index contributed by atoms with van der Waals surface area (Å²) < 4.78 is 36.8. The van der Waals surface area contributed by atoms with Crippen LogP contribution >= 0.6 is 0 Å². The van der Waals surface area contributed by atoms with Gasteiger partial charge < -0.3 is 53.6 Å². The summed E-state index contributed by atoms with van der Waals surface area (Å²) in [7, 11) is 3.57. The van der Waals surface area contributed by atoms with Crippen molar-refractivity contribution in [1.82, 2.24) is 9.88 Å². The Morgan fingerprint density at radius 1 is 0.985 bits per heavy atom. The van der Waals surface area contributed by atoms with Crippen LogP contribution in [0.3, 0.4) is 0 Å². The number of esters is 1. The number of amides is 1. The van der Waals surface area contributed by atoms with Gasteiger partial charge in [-0.05, 0) is 76.6 Å². The lowest BCUT2D eigenvalue weighted by molar-refractivity contribution is -0.157. The molecule has 4 heterocycles. The Morgan fingerprint density at radius 3 is 2.36 bits per heavy atom. The summed E-state index contributed by atoms with van der Waals surface area (Å²) in [4.78, 5) is 63.2. The number of aromatic hydroxyl groups is 2. The van der Waals surface area contributed by atoms with E-state index < -0.39 is 58.9 Å². The molecule has 5 aliphatic rings. The van der Waals surface area contributed by atoms with Crippen molar-refractivity contribution in [2.75, 3.05) is 39.2 Å². The van der Waals surface area contributed by atoms with Gasteiger partial charge in [0.1, 0.15) is 46.0 Å². The number of nitrogens with zero attached hydrogens (tertiary/aromatic N) is 2. The van der Waals surface area contributed by atoms with Crippen LogP contribution in [0.2, 0.25) is 0 Å². The monoisotopic (exact) mass is 925 g/mol. The van der Waals surface area contributed by atoms with E-state index in [4.69, 9.17) is 33.1 Å². The zero-order valence-electron chi connectivity index (χ0n) is 40.1. The molecular weight excluding hydrogens is 863 g/mol. The first-order valence-corrected chi connectivity index (χ1v) is 22.9. The topological polar surface area (TPSA) is 216 Å². The van der Waals surface area contributed by atoms with Gasteiger partial charge in [-0.15, -0.1) is 0 Å². The molecule has 7 rings (SSSR count). The van der Waals surface area contributed by atoms with Crippen LogP contribution in [-0.4, -0.2) is 101 Å². The van der Waals surface area contributed by atoms with Gasteiger partial charge in [0.15, 0.2) is 11.3 Å². The number of phenols is 2. The highest BCUT2D eigenvalue weighted by molar-refractivity contribution is 6.22. The average molecular weight is 926 g/mol. The zero-order valence-corrected chi connectivity index (χ0v) is 40.1. The number of ether oxygens (including phenoxy) is 5. The first-order valence-electron chi connectivity index (χ1n) is 22.9. The van der Waals surface area contributed by atoms with Crippen molar-refractivity contribution in [2.24, 2.45) is 35.5 Å². The normalized spacial score (nSPS) is 29.9. The third kappa shape index (κ3) is 9.35. The van der Waals surface area contributed by atoms with E-state index in [1.807, 2.05) is 34.6 Å². The summed E-state index contributed by atoms with van der Waals surface area (Å²) in [5, 5.41) is 37.1. The molecule has 2 aromatic rings. The molecule has 4 N–H and O–H groups in total. The molecule has 9 atom stereocenters. The molecule has 1 saturated heterocycles. The molecule has 1 amide bonds. The van der Waals surface area contributed by atoms with Crippen molar-refractivity contribution < 1.29 is 57.8 Å². The van der Waals surface area contributed by atoms with Crippen molar-refractivity contribution in [2.45, 2.75) is 99.3 Å². The summed E-state index contributed by atoms with van der Waals surface area (Å²) in [6, 6.07) is 2.94. The number of ketones is 1. The van der Waals surface area contributed by atoms with Crippen molar-refractivity contribution in [1.29, 1.82) is 0 Å². The first-order chi connectivity index (χ1) is 31.7. The van der Waals surface area contributed by atoms with Crippen LogP contribution < -0.4 is 20.2 Å². The number of piperidine rings is 1. The smallest absolute Gasteiger partial charge is 0.312 e. The molecule has 1 fully saturated rings. The number of carbonyl (C=O) groups excluding carboxylic acids is 3. The molecule has 0 saturated carbocycles. The van der Waals surface area contributed by atoms with Crippen LogP contribution in [0, 0.1) is 42.4 Å². The fraction of sp³-hybridized carbons (Fsp3) is 0.510. The maximum Gasteiger partial charge on any atom is 0.312 e. The molecule has 67 heavy (non-hydrogen) atoms. The highest BCUT2D eigenvalue weighted by Gasteiger charge is 2.50. The predicted octanol–water partition coefficient (Wildman–Crippen LogP) is 7.65. The predicted molar refractivity (Wildman–Crippen MR) is 251 cm³/mol. The maximum atomic E-state index is 14.8. The van der Waals surface area contributed by atoms with Crippen LogP contribution in [0.1, 0.15) is 84.2 Å². The molecule has 0 spiro atoms. The van der Waals surface area contributed by atoms with E-state index in [1.165, 1.54) is 46.3 Å². The van der Waals surface area contributed by atoms with Crippen molar-refractivity contribution in [3.8, 4) is 34.5 Å². The lowest BCUT2D eigenvalue weighted by atomic mass is 9.73. The maximum absolute atomic E-state index is 14.8. The number of methoxy groups -OCH3 is 1. The standard InChI is InChI=1S/C51H63N3O13/c1-24-13-12-14-25(2)50(61)53-42-45(59)38-37(41-48(42)66-36-22-33(21-34(56)40(36)52-41)63-23-32-15-18-54(10)19-16-32)39-47(30(7)44(38)58)67-51(9,49(39)60)64-20-17-35(62-11)29(6)46(65-31(8)55)28(5)26(3)27(4)43(24)57/h12-14,17,20-22,24,26-29,32,35,43,46,56-58H,15-16,18-19,23H2,1-11H3,(H,53,61)/b13-12+,20-17+,25-14-/t24-,26+,27-,28+,29+,35-,43-,46-,51-/m0/s1. The molecule has 0 unspecified atom stereocenters. The van der Waals surface area contributed by atoms with Crippen molar-refractivity contribution in [3.63, 3.8) is 0 Å². The number of aromatic nitrogens is 1. The van der Waals surface area contributed by atoms with E-state index in [1.54, 1.807) is 31.2 Å². The third-order valence-electron chi connectivity index (χ3n) is 14.3. The number of carbonyl (C=O) groups is 3. The van der Waals surface area contributed by atoms with Gasteiger partial charge in [-0.3, -0.25) is 19.2 Å². The van der Waals surface area contributed by atoms with Crippen LogP contribution in [0.25, 0.3) is 33.3 Å². The van der Waals surface area contributed by atoms with Gasteiger partial charge in [-0.1, -0.05) is 52.8 Å². The van der Waals surface area contributed by atoms with Gasteiger partial charge in [0, 0.05) is 61.4 Å². The number of anilines is 1. The molecule has 360 valence electrons. The minimum absolute atomic E-state index is 0.0145. The van der Waals surface area contributed by atoms with E-state index in [0.29, 0.717) is 18.3 Å². The Kier molecular flexibility index (Phi) is 14.1. The number of phenolic OH excluding ortho intramolecular Hbond substituents is 2. The summed E-state index contributed by atoms with van der Waals surface area (Å²) in [5.74, 6) is -6.08. The van der Waals surface area contributed by atoms with Gasteiger partial charge in [-0.2, -0.15) is 0 Å². The fourth-order valence-corrected chi connectivity index (χ4v) is 9.61. The second-order valence-corrected chi connectivity index (χ2v) is 18.9. The molecule has 4 aliphatic heterocycles. The van der Waals surface area contributed by atoms with Crippen LogP contribution in [-0.2, 0) is 23.8 Å². The largest absolute Gasteiger partial charge is 0.507 e. The summed E-state index contributed by atoms with van der Waals surface area (Å²) in [5.41, 5.74) is -1.35. The Balaban J connectivity index is 1.41. The second-order valence-electron chi connectivity index (χ2n) is 18.9. The van der Waals surface area contributed by atoms with E-state index in [-0.39, 0.29) is 90.9 Å². The van der Waals surface area contributed by atoms with Gasteiger partial charge in [0.25, 0.3) is 11.7 Å². The highest BCUT2D eigenvalue weighted by Crippen LogP contribution is 2.51.